The number of benzene rings is 2. The topological polar surface area (TPSA) is 206 Å². The quantitative estimate of drug-likeness (QED) is 0.187. The fourth-order valence-corrected chi connectivity index (χ4v) is 3.48. The van der Waals surface area contributed by atoms with Crippen LogP contribution in [0.3, 0.4) is 0 Å². The molecular weight excluding hydrogens is 542 g/mol. The van der Waals surface area contributed by atoms with Crippen LogP contribution >= 0.6 is 0 Å². The fraction of sp³-hybridized carbons (Fsp3) is 0.296. The second-order valence-corrected chi connectivity index (χ2v) is 8.47. The summed E-state index contributed by atoms with van der Waals surface area (Å²) in [5.41, 5.74) is 5.18. The average molecular weight is 572 g/mol. The van der Waals surface area contributed by atoms with Gasteiger partial charge in [0.05, 0.1) is 11.1 Å². The van der Waals surface area contributed by atoms with Crippen molar-refractivity contribution in [2.75, 3.05) is 6.54 Å². The highest BCUT2D eigenvalue weighted by Gasteiger charge is 2.25. The van der Waals surface area contributed by atoms with E-state index >= 15 is 0 Å². The molecule has 14 nitrogen and oxygen atoms in total. The van der Waals surface area contributed by atoms with Crippen LogP contribution in [0.25, 0.3) is 0 Å². The van der Waals surface area contributed by atoms with E-state index in [1.54, 1.807) is 0 Å². The van der Waals surface area contributed by atoms with Crippen molar-refractivity contribution in [2.24, 2.45) is 5.73 Å². The van der Waals surface area contributed by atoms with Crippen molar-refractivity contribution in [1.82, 2.24) is 10.6 Å². The summed E-state index contributed by atoms with van der Waals surface area (Å²) in [6.07, 6.45) is 0.161. The molecule has 0 aliphatic carbocycles. The van der Waals surface area contributed by atoms with Crippen LogP contribution in [0.1, 0.15) is 61.3 Å². The summed E-state index contributed by atoms with van der Waals surface area (Å²) in [6.45, 7) is 4.49. The van der Waals surface area contributed by atoms with Gasteiger partial charge in [-0.3, -0.25) is 33.6 Å². The summed E-state index contributed by atoms with van der Waals surface area (Å²) in [4.78, 5) is 83.7. The molecule has 0 radical (unpaired) electrons. The van der Waals surface area contributed by atoms with Crippen LogP contribution in [0.5, 0.6) is 23.0 Å². The molecule has 2 aromatic carbocycles. The van der Waals surface area contributed by atoms with Gasteiger partial charge in [-0.25, -0.2) is 0 Å². The van der Waals surface area contributed by atoms with Crippen LogP contribution in [0.4, 0.5) is 0 Å². The monoisotopic (exact) mass is 571 g/mol. The van der Waals surface area contributed by atoms with Gasteiger partial charge in [0.1, 0.15) is 6.04 Å². The van der Waals surface area contributed by atoms with Crippen LogP contribution in [0, 0.1) is 0 Å². The van der Waals surface area contributed by atoms with Crippen molar-refractivity contribution >= 4 is 41.6 Å². The Kier molecular flexibility index (Phi) is 11.5. The van der Waals surface area contributed by atoms with E-state index < -0.39 is 47.6 Å². The smallest absolute Gasteiger partial charge is 0.308 e. The Bertz CT molecular complexity index is 1370. The maximum Gasteiger partial charge on any atom is 0.308 e. The molecule has 14 heteroatoms. The van der Waals surface area contributed by atoms with Gasteiger partial charge in [-0.2, -0.15) is 0 Å². The minimum atomic E-state index is -1.19. The van der Waals surface area contributed by atoms with Gasteiger partial charge in [-0.15, -0.1) is 0 Å². The highest BCUT2D eigenvalue weighted by molar-refractivity contribution is 6.01. The molecule has 0 saturated heterocycles. The first-order valence-electron chi connectivity index (χ1n) is 12.2. The van der Waals surface area contributed by atoms with E-state index in [0.29, 0.717) is 0 Å². The van der Waals surface area contributed by atoms with Crippen molar-refractivity contribution in [3.05, 3.63) is 47.5 Å². The van der Waals surface area contributed by atoms with Crippen LogP contribution in [0.15, 0.2) is 36.4 Å². The Labute approximate surface area is 234 Å². The Morgan fingerprint density at radius 3 is 1.54 bits per heavy atom. The van der Waals surface area contributed by atoms with Gasteiger partial charge in [0.15, 0.2) is 23.0 Å². The summed E-state index contributed by atoms with van der Waals surface area (Å²) < 4.78 is 20.2. The summed E-state index contributed by atoms with van der Waals surface area (Å²) in [5, 5.41) is 5.03. The molecule has 0 aliphatic rings. The lowest BCUT2D eigenvalue weighted by Crippen LogP contribution is -2.45. The molecule has 3 amide bonds. The molecule has 0 heterocycles. The molecule has 41 heavy (non-hydrogen) atoms. The lowest BCUT2D eigenvalue weighted by atomic mass is 10.1. The summed E-state index contributed by atoms with van der Waals surface area (Å²) in [6, 6.07) is 6.95. The van der Waals surface area contributed by atoms with E-state index in [9.17, 15) is 33.6 Å². The molecule has 4 N–H and O–H groups in total. The third kappa shape index (κ3) is 9.76. The number of ether oxygens (including phenoxy) is 4. The van der Waals surface area contributed by atoms with Crippen LogP contribution < -0.4 is 35.3 Å². The minimum Gasteiger partial charge on any atom is -0.423 e. The van der Waals surface area contributed by atoms with Gasteiger partial charge in [0, 0.05) is 34.2 Å². The minimum absolute atomic E-state index is 0.00181. The van der Waals surface area contributed by atoms with Crippen LogP contribution in [-0.2, 0) is 24.0 Å². The number of hydrogen-bond donors (Lipinski definition) is 3. The second kappa shape index (κ2) is 14.8. The van der Waals surface area contributed by atoms with Crippen LogP contribution in [-0.4, -0.2) is 54.2 Å². The summed E-state index contributed by atoms with van der Waals surface area (Å²) >= 11 is 0. The SMILES string of the molecule is CC(=O)Oc1cccc(C(=O)NCCC[C@@H](NC(=O)c2cccc(OC(C)=O)c2OC(C)=O)C(N)=O)c1OC(C)=O. The summed E-state index contributed by atoms with van der Waals surface area (Å²) in [5.74, 6) is -6.16. The van der Waals surface area contributed by atoms with E-state index in [-0.39, 0.29) is 53.5 Å². The first-order valence-corrected chi connectivity index (χ1v) is 12.2. The lowest BCUT2D eigenvalue weighted by molar-refractivity contribution is -0.134. The number of carbonyl (C=O) groups excluding carboxylic acids is 7. The summed E-state index contributed by atoms with van der Waals surface area (Å²) in [7, 11) is 0. The first-order chi connectivity index (χ1) is 19.3. The molecule has 1 atom stereocenters. The number of hydrogen-bond acceptors (Lipinski definition) is 11. The Hall–Kier alpha value is -5.27. The molecule has 0 aromatic heterocycles. The molecule has 0 saturated carbocycles. The number of carbonyl (C=O) groups is 7. The Morgan fingerprint density at radius 1 is 0.683 bits per heavy atom. The van der Waals surface area contributed by atoms with Gasteiger partial charge >= 0.3 is 23.9 Å². The van der Waals surface area contributed by atoms with E-state index in [0.717, 1.165) is 27.7 Å². The molecule has 218 valence electrons. The van der Waals surface area contributed by atoms with Gasteiger partial charge in [0.2, 0.25) is 5.91 Å². The number of amides is 3. The number of esters is 4. The molecule has 0 spiro atoms. The zero-order valence-corrected chi connectivity index (χ0v) is 22.7. The first kappa shape index (κ1) is 31.9. The van der Waals surface area contributed by atoms with Crippen LogP contribution in [0.2, 0.25) is 0 Å². The van der Waals surface area contributed by atoms with Gasteiger partial charge in [-0.05, 0) is 37.1 Å². The number of rotatable bonds is 12. The highest BCUT2D eigenvalue weighted by atomic mass is 16.6. The maximum absolute atomic E-state index is 13.0. The number of nitrogens with two attached hydrogens (primary N) is 1. The number of nitrogens with one attached hydrogen (secondary N) is 2. The predicted octanol–water partition coefficient (Wildman–Crippen LogP) is 1.18. The van der Waals surface area contributed by atoms with E-state index in [4.69, 9.17) is 24.7 Å². The average Bonchev–Trinajstić information content (AvgIpc) is 2.86. The van der Waals surface area contributed by atoms with Crippen molar-refractivity contribution in [1.29, 1.82) is 0 Å². The van der Waals surface area contributed by atoms with Crippen molar-refractivity contribution in [3.63, 3.8) is 0 Å². The highest BCUT2D eigenvalue weighted by Crippen LogP contribution is 2.33. The van der Waals surface area contributed by atoms with Gasteiger partial charge in [0.25, 0.3) is 11.8 Å². The second-order valence-electron chi connectivity index (χ2n) is 8.47. The van der Waals surface area contributed by atoms with Gasteiger partial charge in [-0.1, -0.05) is 12.1 Å². The molecular formula is C27H29N3O11. The zero-order valence-electron chi connectivity index (χ0n) is 22.7. The van der Waals surface area contributed by atoms with Crippen molar-refractivity contribution in [3.8, 4) is 23.0 Å². The zero-order chi connectivity index (χ0) is 30.7. The Morgan fingerprint density at radius 2 is 1.12 bits per heavy atom. The molecule has 2 rings (SSSR count). The lowest BCUT2D eigenvalue weighted by Gasteiger charge is -2.18. The van der Waals surface area contributed by atoms with E-state index in [1.807, 2.05) is 0 Å². The molecule has 0 unspecified atom stereocenters. The molecule has 0 aliphatic heterocycles. The molecule has 0 bridgehead atoms. The largest absolute Gasteiger partial charge is 0.423 e. The number of para-hydroxylation sites is 2. The molecule has 2 aromatic rings. The third-order valence-corrected chi connectivity index (χ3v) is 5.05. The maximum atomic E-state index is 13.0. The van der Waals surface area contributed by atoms with E-state index in [1.165, 1.54) is 36.4 Å². The predicted molar refractivity (Wildman–Crippen MR) is 140 cm³/mol. The van der Waals surface area contributed by atoms with Crippen molar-refractivity contribution < 1.29 is 52.5 Å². The normalized spacial score (nSPS) is 10.9. The number of primary amides is 1. The van der Waals surface area contributed by atoms with Crippen molar-refractivity contribution in [2.45, 2.75) is 46.6 Å². The fourth-order valence-electron chi connectivity index (χ4n) is 3.48. The van der Waals surface area contributed by atoms with Gasteiger partial charge < -0.3 is 35.3 Å². The third-order valence-electron chi connectivity index (χ3n) is 5.05. The molecule has 0 fully saturated rings. The Balaban J connectivity index is 2.11. The standard InChI is InChI=1S/C27H29N3O11/c1-14(31)38-21-11-5-8-18(23(21)40-16(3)33)26(36)29-13-7-10-20(25(28)35)30-27(37)19-9-6-12-22(39-15(2)32)24(19)41-17(4)34/h5-6,8-9,11-12,20H,7,10,13H2,1-4H3,(H2,28,35)(H,29,36)(H,30,37)/t20-/m1/s1. The van der Waals surface area contributed by atoms with E-state index in [2.05, 4.69) is 10.6 Å².